The fraction of sp³-hybridized carbons (Fsp3) is 0.167. The van der Waals surface area contributed by atoms with Crippen LogP contribution >= 0.6 is 0 Å². The van der Waals surface area contributed by atoms with E-state index in [1.165, 1.54) is 20.3 Å². The van der Waals surface area contributed by atoms with Gasteiger partial charge in [-0.3, -0.25) is 0 Å². The SMILES string of the molecule is COc1nc(OC)nc(Oc2ccc(C(=O)O)c(F)c2)n1. The maximum Gasteiger partial charge on any atom is 0.338 e. The molecule has 8 nitrogen and oxygen atoms in total. The molecule has 1 N–H and O–H groups in total. The number of hydrogen-bond acceptors (Lipinski definition) is 7. The largest absolute Gasteiger partial charge is 0.478 e. The number of aromatic nitrogens is 3. The Morgan fingerprint density at radius 3 is 2.14 bits per heavy atom. The molecular weight excluding hydrogens is 285 g/mol. The zero-order chi connectivity index (χ0) is 15.4. The molecule has 0 unspecified atom stereocenters. The van der Waals surface area contributed by atoms with Gasteiger partial charge in [-0.25, -0.2) is 9.18 Å². The van der Waals surface area contributed by atoms with Crippen molar-refractivity contribution in [2.45, 2.75) is 0 Å². The van der Waals surface area contributed by atoms with Gasteiger partial charge < -0.3 is 19.3 Å². The Labute approximate surface area is 118 Å². The van der Waals surface area contributed by atoms with Crippen LogP contribution in [0.4, 0.5) is 4.39 Å². The van der Waals surface area contributed by atoms with Crippen molar-refractivity contribution < 1.29 is 28.5 Å². The standard InChI is InChI=1S/C12H10FN3O5/c1-19-10-14-11(20-2)16-12(15-10)21-6-3-4-7(9(17)18)8(13)5-6/h3-5H,1-2H3,(H,17,18). The van der Waals surface area contributed by atoms with E-state index >= 15 is 0 Å². The smallest absolute Gasteiger partial charge is 0.338 e. The molecule has 0 aliphatic heterocycles. The summed E-state index contributed by atoms with van der Waals surface area (Å²) in [6.45, 7) is 0. The van der Waals surface area contributed by atoms with E-state index in [2.05, 4.69) is 15.0 Å². The maximum atomic E-state index is 13.5. The van der Waals surface area contributed by atoms with Crippen LogP contribution in [-0.2, 0) is 0 Å². The minimum Gasteiger partial charge on any atom is -0.478 e. The highest BCUT2D eigenvalue weighted by Crippen LogP contribution is 2.23. The van der Waals surface area contributed by atoms with Gasteiger partial charge in [-0.1, -0.05) is 0 Å². The molecule has 1 aromatic carbocycles. The fourth-order valence-electron chi connectivity index (χ4n) is 1.39. The van der Waals surface area contributed by atoms with Gasteiger partial charge in [-0.2, -0.15) is 0 Å². The van der Waals surface area contributed by atoms with E-state index in [0.29, 0.717) is 0 Å². The second-order valence-electron chi connectivity index (χ2n) is 3.64. The molecule has 0 spiro atoms. The van der Waals surface area contributed by atoms with Crippen molar-refractivity contribution in [1.82, 2.24) is 15.0 Å². The van der Waals surface area contributed by atoms with E-state index in [1.807, 2.05) is 0 Å². The first-order valence-corrected chi connectivity index (χ1v) is 5.58. The van der Waals surface area contributed by atoms with Crippen LogP contribution in [0.25, 0.3) is 0 Å². The van der Waals surface area contributed by atoms with Crippen LogP contribution < -0.4 is 14.2 Å². The van der Waals surface area contributed by atoms with Gasteiger partial charge in [-0.15, -0.1) is 15.0 Å². The Kier molecular flexibility index (Phi) is 4.12. The molecule has 0 amide bonds. The minimum absolute atomic E-state index is 0.0211. The number of nitrogens with zero attached hydrogens (tertiary/aromatic N) is 3. The molecular formula is C12H10FN3O5. The summed E-state index contributed by atoms with van der Waals surface area (Å²) < 4.78 is 28.4. The lowest BCUT2D eigenvalue weighted by Gasteiger charge is -2.07. The molecule has 9 heteroatoms. The Hall–Kier alpha value is -2.97. The third-order valence-corrected chi connectivity index (χ3v) is 2.32. The normalized spacial score (nSPS) is 10.0. The molecule has 0 saturated heterocycles. The lowest BCUT2D eigenvalue weighted by molar-refractivity contribution is 0.0692. The number of carboxylic acids is 1. The van der Waals surface area contributed by atoms with E-state index in [9.17, 15) is 9.18 Å². The van der Waals surface area contributed by atoms with Crippen molar-refractivity contribution in [3.05, 3.63) is 29.6 Å². The zero-order valence-corrected chi connectivity index (χ0v) is 11.0. The molecule has 1 heterocycles. The molecule has 0 aliphatic rings. The predicted molar refractivity (Wildman–Crippen MR) is 66.4 cm³/mol. The van der Waals surface area contributed by atoms with Crippen molar-refractivity contribution in [3.8, 4) is 23.8 Å². The van der Waals surface area contributed by atoms with Gasteiger partial charge in [0.2, 0.25) is 0 Å². The molecule has 0 atom stereocenters. The average molecular weight is 295 g/mol. The van der Waals surface area contributed by atoms with Crippen molar-refractivity contribution in [1.29, 1.82) is 0 Å². The molecule has 110 valence electrons. The number of benzene rings is 1. The molecule has 0 radical (unpaired) electrons. The van der Waals surface area contributed by atoms with Crippen LogP contribution in [0.2, 0.25) is 0 Å². The summed E-state index contributed by atoms with van der Waals surface area (Å²) in [5.41, 5.74) is -0.465. The highest BCUT2D eigenvalue weighted by molar-refractivity contribution is 5.88. The van der Waals surface area contributed by atoms with Crippen LogP contribution in [0.5, 0.6) is 23.8 Å². The van der Waals surface area contributed by atoms with E-state index < -0.39 is 17.3 Å². The van der Waals surface area contributed by atoms with Gasteiger partial charge in [0.05, 0.1) is 19.8 Å². The first kappa shape index (κ1) is 14.4. The van der Waals surface area contributed by atoms with Crippen LogP contribution in [0.1, 0.15) is 10.4 Å². The van der Waals surface area contributed by atoms with E-state index in [-0.39, 0.29) is 23.8 Å². The van der Waals surface area contributed by atoms with Gasteiger partial charge in [0.25, 0.3) is 0 Å². The van der Waals surface area contributed by atoms with E-state index in [1.54, 1.807) is 0 Å². The first-order valence-electron chi connectivity index (χ1n) is 5.58. The van der Waals surface area contributed by atoms with Crippen LogP contribution in [0.15, 0.2) is 18.2 Å². The summed E-state index contributed by atoms with van der Waals surface area (Å²) in [6.07, 6.45) is 0. The van der Waals surface area contributed by atoms with E-state index in [4.69, 9.17) is 19.3 Å². The van der Waals surface area contributed by atoms with Crippen LogP contribution in [0, 0.1) is 5.82 Å². The third-order valence-electron chi connectivity index (χ3n) is 2.32. The monoisotopic (exact) mass is 295 g/mol. The highest BCUT2D eigenvalue weighted by atomic mass is 19.1. The van der Waals surface area contributed by atoms with Crippen LogP contribution in [0.3, 0.4) is 0 Å². The summed E-state index contributed by atoms with van der Waals surface area (Å²) in [6, 6.07) is 2.99. The molecule has 2 aromatic rings. The number of halogens is 1. The van der Waals surface area contributed by atoms with Gasteiger partial charge in [0, 0.05) is 6.07 Å². The zero-order valence-electron chi connectivity index (χ0n) is 11.0. The summed E-state index contributed by atoms with van der Waals surface area (Å²) in [7, 11) is 2.69. The topological polar surface area (TPSA) is 104 Å². The number of carboxylic acid groups (broad SMARTS) is 1. The fourth-order valence-corrected chi connectivity index (χ4v) is 1.39. The quantitative estimate of drug-likeness (QED) is 0.885. The summed E-state index contributed by atoms with van der Waals surface area (Å²) in [5, 5.41) is 8.74. The number of methoxy groups -OCH3 is 2. The summed E-state index contributed by atoms with van der Waals surface area (Å²) in [5.74, 6) is -2.29. The first-order chi connectivity index (χ1) is 10.0. The molecule has 1 aromatic heterocycles. The predicted octanol–water partition coefficient (Wildman–Crippen LogP) is 1.52. The molecule has 0 bridgehead atoms. The lowest BCUT2D eigenvalue weighted by Crippen LogP contribution is -2.03. The number of hydrogen-bond donors (Lipinski definition) is 1. The molecule has 0 fully saturated rings. The molecule has 0 aliphatic carbocycles. The highest BCUT2D eigenvalue weighted by Gasteiger charge is 2.13. The third kappa shape index (κ3) is 3.32. The minimum atomic E-state index is -1.37. The average Bonchev–Trinajstić information content (AvgIpc) is 2.46. The summed E-state index contributed by atoms with van der Waals surface area (Å²) in [4.78, 5) is 22.1. The molecule has 21 heavy (non-hydrogen) atoms. The van der Waals surface area contributed by atoms with Gasteiger partial charge >= 0.3 is 24.0 Å². The molecule has 0 saturated carbocycles. The maximum absolute atomic E-state index is 13.5. The number of rotatable bonds is 5. The van der Waals surface area contributed by atoms with Crippen molar-refractivity contribution in [3.63, 3.8) is 0 Å². The second kappa shape index (κ2) is 5.99. The van der Waals surface area contributed by atoms with Gasteiger partial charge in [-0.05, 0) is 12.1 Å². The number of carbonyl (C=O) groups is 1. The van der Waals surface area contributed by atoms with E-state index in [0.717, 1.165) is 12.1 Å². The van der Waals surface area contributed by atoms with Crippen molar-refractivity contribution in [2.75, 3.05) is 14.2 Å². The van der Waals surface area contributed by atoms with Gasteiger partial charge in [0.15, 0.2) is 0 Å². The van der Waals surface area contributed by atoms with Crippen molar-refractivity contribution >= 4 is 5.97 Å². The van der Waals surface area contributed by atoms with Crippen molar-refractivity contribution in [2.24, 2.45) is 0 Å². The van der Waals surface area contributed by atoms with Gasteiger partial charge in [0.1, 0.15) is 11.6 Å². The van der Waals surface area contributed by atoms with Crippen LogP contribution in [-0.4, -0.2) is 40.2 Å². The number of ether oxygens (including phenoxy) is 3. The summed E-state index contributed by atoms with van der Waals surface area (Å²) >= 11 is 0. The Morgan fingerprint density at radius 1 is 1.10 bits per heavy atom. The Bertz CT molecular complexity index is 658. The molecule has 2 rings (SSSR count). The Balaban J connectivity index is 2.29. The number of aromatic carboxylic acids is 1. The second-order valence-corrected chi connectivity index (χ2v) is 3.64. The Morgan fingerprint density at radius 2 is 1.67 bits per heavy atom. The lowest BCUT2D eigenvalue weighted by atomic mass is 10.2.